The molecule has 0 atom stereocenters. The summed E-state index contributed by atoms with van der Waals surface area (Å²) in [6, 6.07) is 29.6. The summed E-state index contributed by atoms with van der Waals surface area (Å²) < 4.78 is 1.81. The second-order valence-electron chi connectivity index (χ2n) is 11.2. The molecule has 4 heterocycles. The summed E-state index contributed by atoms with van der Waals surface area (Å²) in [6.07, 6.45) is 5.99. The molecule has 0 unspecified atom stereocenters. The van der Waals surface area contributed by atoms with Crippen molar-refractivity contribution >= 4 is 33.4 Å². The summed E-state index contributed by atoms with van der Waals surface area (Å²) in [4.78, 5) is 47.2. The number of aromatic nitrogens is 6. The first-order valence-corrected chi connectivity index (χ1v) is 15.5. The molecular weight excluding hydrogens is 620 g/mol. The predicted octanol–water partition coefficient (Wildman–Crippen LogP) is 5.29. The molecule has 49 heavy (non-hydrogen) atoms. The first kappa shape index (κ1) is 32.4. The Bertz CT molecular complexity index is 2310. The number of nitrogens with zero attached hydrogens (tertiary/aromatic N) is 6. The number of benzene rings is 3. The molecule has 4 aromatic heterocycles. The monoisotopic (exact) mass is 654 g/mol. The Morgan fingerprint density at radius 1 is 0.633 bits per heavy atom. The van der Waals surface area contributed by atoms with E-state index in [-0.39, 0.29) is 17.8 Å². The fraction of sp³-hybridized carbons (Fsp3) is 0.135. The highest BCUT2D eigenvalue weighted by molar-refractivity contribution is 5.90. The third kappa shape index (κ3) is 7.23. The SMILES string of the molecule is Cc1c(NCc2ccccc2)c2cncnc2n(O)c1=O.Cc1c(NCc2ccccc2)c2cncnc2n(OCc2ccccc2)c1=O. The van der Waals surface area contributed by atoms with Crippen LogP contribution in [0.5, 0.6) is 0 Å². The minimum Gasteiger partial charge on any atom is -0.423 e. The van der Waals surface area contributed by atoms with E-state index < -0.39 is 5.56 Å². The van der Waals surface area contributed by atoms with Crippen LogP contribution in [0.3, 0.4) is 0 Å². The van der Waals surface area contributed by atoms with Gasteiger partial charge in [-0.3, -0.25) is 9.59 Å². The first-order chi connectivity index (χ1) is 23.9. The molecule has 12 heteroatoms. The van der Waals surface area contributed by atoms with Crippen LogP contribution in [0.2, 0.25) is 0 Å². The lowest BCUT2D eigenvalue weighted by molar-refractivity contribution is 0.0975. The summed E-state index contributed by atoms with van der Waals surface area (Å²) in [5.74, 6) is 0. The van der Waals surface area contributed by atoms with Crippen molar-refractivity contribution in [2.24, 2.45) is 0 Å². The number of anilines is 2. The molecule has 3 N–H and O–H groups in total. The Hall–Kier alpha value is -6.56. The molecule has 0 saturated heterocycles. The van der Waals surface area contributed by atoms with Crippen LogP contribution in [-0.2, 0) is 19.7 Å². The topological polar surface area (TPSA) is 149 Å². The van der Waals surface area contributed by atoms with Gasteiger partial charge in [-0.15, -0.1) is 9.46 Å². The van der Waals surface area contributed by atoms with E-state index in [4.69, 9.17) is 4.84 Å². The molecule has 3 aromatic carbocycles. The maximum atomic E-state index is 13.0. The molecule has 0 aliphatic carbocycles. The fourth-order valence-electron chi connectivity index (χ4n) is 5.31. The highest BCUT2D eigenvalue weighted by Gasteiger charge is 2.17. The van der Waals surface area contributed by atoms with E-state index >= 15 is 0 Å². The molecule has 7 rings (SSSR count). The van der Waals surface area contributed by atoms with Crippen molar-refractivity contribution in [2.45, 2.75) is 33.5 Å². The molecule has 0 fully saturated rings. The van der Waals surface area contributed by atoms with E-state index in [1.165, 1.54) is 17.4 Å². The highest BCUT2D eigenvalue weighted by atomic mass is 16.7. The average Bonchev–Trinajstić information content (AvgIpc) is 3.15. The molecule has 12 nitrogen and oxygen atoms in total. The molecule has 246 valence electrons. The first-order valence-electron chi connectivity index (χ1n) is 15.5. The number of fused-ring (bicyclic) bond motifs is 2. The third-order valence-corrected chi connectivity index (χ3v) is 7.91. The Balaban J connectivity index is 0.000000177. The standard InChI is InChI=1S/C22H20N4O2.C15H14N4O2/c1-16-20(24-12-17-8-4-2-5-9-17)19-13-23-15-25-21(19)26(22(16)27)28-14-18-10-6-3-7-11-18;1-10-13(17-7-11-5-3-2-4-6-11)12-8-16-9-18-14(12)19(21)15(10)20/h2-11,13,15,24H,12,14H2,1H3;2-6,8-9,17,21H,7H2,1H3. The zero-order valence-electron chi connectivity index (χ0n) is 26.9. The van der Waals surface area contributed by atoms with Crippen molar-refractivity contribution in [3.05, 3.63) is 165 Å². The van der Waals surface area contributed by atoms with Crippen LogP contribution in [0.15, 0.2) is 126 Å². The largest absolute Gasteiger partial charge is 0.423 e. The van der Waals surface area contributed by atoms with Crippen molar-refractivity contribution in [3.63, 3.8) is 0 Å². The average molecular weight is 655 g/mol. The Morgan fingerprint density at radius 3 is 1.61 bits per heavy atom. The smallest absolute Gasteiger partial charge is 0.290 e. The van der Waals surface area contributed by atoms with Gasteiger partial charge < -0.3 is 20.7 Å². The third-order valence-electron chi connectivity index (χ3n) is 7.91. The minimum atomic E-state index is -0.489. The van der Waals surface area contributed by atoms with Crippen molar-refractivity contribution in [1.82, 2.24) is 29.4 Å². The van der Waals surface area contributed by atoms with Gasteiger partial charge in [0.2, 0.25) is 0 Å². The van der Waals surface area contributed by atoms with Gasteiger partial charge in [0, 0.05) is 36.6 Å². The van der Waals surface area contributed by atoms with E-state index in [0.717, 1.165) is 27.8 Å². The molecule has 7 aromatic rings. The van der Waals surface area contributed by atoms with Gasteiger partial charge in [-0.2, -0.15) is 0 Å². The molecular formula is C37H34N8O4. The zero-order valence-corrected chi connectivity index (χ0v) is 26.9. The lowest BCUT2D eigenvalue weighted by Gasteiger charge is -2.16. The quantitative estimate of drug-likeness (QED) is 0.175. The lowest BCUT2D eigenvalue weighted by atomic mass is 10.1. The molecule has 0 aliphatic rings. The number of hydrogen-bond acceptors (Lipinski definition) is 10. The van der Waals surface area contributed by atoms with Crippen molar-refractivity contribution in [2.75, 3.05) is 10.6 Å². The Morgan fingerprint density at radius 2 is 1.08 bits per heavy atom. The molecule has 0 bridgehead atoms. The Labute approximate surface area is 281 Å². The van der Waals surface area contributed by atoms with Crippen LogP contribution in [-0.4, -0.2) is 34.6 Å². The van der Waals surface area contributed by atoms with Gasteiger partial charge in [0.15, 0.2) is 11.3 Å². The maximum Gasteiger partial charge on any atom is 0.290 e. The van der Waals surface area contributed by atoms with E-state index in [1.807, 2.05) is 91.0 Å². The van der Waals surface area contributed by atoms with Crippen molar-refractivity contribution in [1.29, 1.82) is 0 Å². The van der Waals surface area contributed by atoms with Gasteiger partial charge >= 0.3 is 0 Å². The van der Waals surface area contributed by atoms with Gasteiger partial charge in [-0.05, 0) is 30.5 Å². The molecule has 0 amide bonds. The van der Waals surface area contributed by atoms with E-state index in [1.54, 1.807) is 26.2 Å². The summed E-state index contributed by atoms with van der Waals surface area (Å²) in [7, 11) is 0. The lowest BCUT2D eigenvalue weighted by Crippen LogP contribution is -2.30. The van der Waals surface area contributed by atoms with Crippen molar-refractivity contribution in [3.8, 4) is 0 Å². The van der Waals surface area contributed by atoms with Gasteiger partial charge in [0.05, 0.1) is 22.1 Å². The summed E-state index contributed by atoms with van der Waals surface area (Å²) >= 11 is 0. The van der Waals surface area contributed by atoms with Gasteiger partial charge in [0.1, 0.15) is 19.3 Å². The van der Waals surface area contributed by atoms with Crippen LogP contribution in [0.1, 0.15) is 27.8 Å². The second-order valence-corrected chi connectivity index (χ2v) is 11.2. The second kappa shape index (κ2) is 14.9. The highest BCUT2D eigenvalue weighted by Crippen LogP contribution is 2.24. The fourth-order valence-corrected chi connectivity index (χ4v) is 5.31. The van der Waals surface area contributed by atoms with Crippen molar-refractivity contribution < 1.29 is 10.0 Å². The van der Waals surface area contributed by atoms with Crippen LogP contribution in [0, 0.1) is 13.8 Å². The maximum absolute atomic E-state index is 13.0. The zero-order chi connectivity index (χ0) is 34.2. The van der Waals surface area contributed by atoms with E-state index in [0.29, 0.717) is 45.7 Å². The number of hydrogen-bond donors (Lipinski definition) is 3. The Kier molecular flexibility index (Phi) is 9.85. The molecule has 0 aliphatic heterocycles. The minimum absolute atomic E-state index is 0.191. The summed E-state index contributed by atoms with van der Waals surface area (Å²) in [6.45, 7) is 4.88. The molecule has 0 spiro atoms. The predicted molar refractivity (Wildman–Crippen MR) is 189 cm³/mol. The van der Waals surface area contributed by atoms with Gasteiger partial charge in [-0.1, -0.05) is 91.0 Å². The number of nitrogens with one attached hydrogen (secondary N) is 2. The summed E-state index contributed by atoms with van der Waals surface area (Å²) in [5, 5.41) is 17.8. The van der Waals surface area contributed by atoms with E-state index in [2.05, 4.69) is 30.6 Å². The van der Waals surface area contributed by atoms with Crippen LogP contribution >= 0.6 is 0 Å². The number of rotatable bonds is 9. The summed E-state index contributed by atoms with van der Waals surface area (Å²) in [5.41, 5.74) is 5.45. The molecule has 0 radical (unpaired) electrons. The normalized spacial score (nSPS) is 10.7. The van der Waals surface area contributed by atoms with Crippen LogP contribution in [0.4, 0.5) is 11.4 Å². The van der Waals surface area contributed by atoms with E-state index in [9.17, 15) is 14.8 Å². The van der Waals surface area contributed by atoms with Gasteiger partial charge in [0.25, 0.3) is 11.1 Å². The molecule has 0 saturated carbocycles. The number of pyridine rings is 2. The van der Waals surface area contributed by atoms with Crippen LogP contribution in [0.25, 0.3) is 22.1 Å². The van der Waals surface area contributed by atoms with Crippen LogP contribution < -0.4 is 26.6 Å². The van der Waals surface area contributed by atoms with Gasteiger partial charge in [-0.25, -0.2) is 19.9 Å².